The van der Waals surface area contributed by atoms with E-state index in [4.69, 9.17) is 4.74 Å². The second-order valence-corrected chi connectivity index (χ2v) is 5.10. The van der Waals surface area contributed by atoms with Crippen LogP contribution in [0.3, 0.4) is 0 Å². The van der Waals surface area contributed by atoms with E-state index in [1.54, 1.807) is 6.92 Å². The number of carbonyl (C=O) groups is 2. The van der Waals surface area contributed by atoms with Crippen molar-refractivity contribution in [2.75, 3.05) is 0 Å². The molecular formula is C16H24N2O3. The summed E-state index contributed by atoms with van der Waals surface area (Å²) in [5, 5.41) is 0. The van der Waals surface area contributed by atoms with Gasteiger partial charge < -0.3 is 4.74 Å². The van der Waals surface area contributed by atoms with Crippen LogP contribution in [-0.4, -0.2) is 17.9 Å². The van der Waals surface area contributed by atoms with Gasteiger partial charge in [0.1, 0.15) is 5.75 Å². The topological polar surface area (TPSA) is 67.4 Å². The Labute approximate surface area is 126 Å². The highest BCUT2D eigenvalue weighted by atomic mass is 16.5. The van der Waals surface area contributed by atoms with Crippen molar-refractivity contribution in [3.05, 3.63) is 29.3 Å². The lowest BCUT2D eigenvalue weighted by Gasteiger charge is -2.17. The van der Waals surface area contributed by atoms with Gasteiger partial charge in [0.25, 0.3) is 5.91 Å². The van der Waals surface area contributed by atoms with E-state index in [0.717, 1.165) is 24.0 Å². The molecule has 0 saturated heterocycles. The molecule has 0 spiro atoms. The molecule has 116 valence electrons. The van der Waals surface area contributed by atoms with Crippen molar-refractivity contribution in [1.29, 1.82) is 0 Å². The molecule has 1 atom stereocenters. The summed E-state index contributed by atoms with van der Waals surface area (Å²) in [6.45, 7) is 7.59. The van der Waals surface area contributed by atoms with Gasteiger partial charge in [-0.05, 0) is 44.4 Å². The Hall–Kier alpha value is -2.04. The van der Waals surface area contributed by atoms with Gasteiger partial charge >= 0.3 is 0 Å². The predicted molar refractivity (Wildman–Crippen MR) is 81.8 cm³/mol. The zero-order chi connectivity index (χ0) is 15.8. The van der Waals surface area contributed by atoms with Gasteiger partial charge in [-0.15, -0.1) is 0 Å². The van der Waals surface area contributed by atoms with Crippen LogP contribution in [0, 0.1) is 13.8 Å². The van der Waals surface area contributed by atoms with Gasteiger partial charge in [-0.3, -0.25) is 20.4 Å². The minimum absolute atomic E-state index is 0.191. The van der Waals surface area contributed by atoms with Crippen LogP contribution in [0.25, 0.3) is 0 Å². The molecule has 2 amide bonds. The summed E-state index contributed by atoms with van der Waals surface area (Å²) in [4.78, 5) is 23.3. The molecule has 1 rings (SSSR count). The molecule has 0 aliphatic heterocycles. The number of benzene rings is 1. The Balaban J connectivity index is 2.48. The smallest absolute Gasteiger partial charge is 0.279 e. The number of unbranched alkanes of at least 4 members (excludes halogenated alkanes) is 1. The van der Waals surface area contributed by atoms with Crippen molar-refractivity contribution < 1.29 is 14.3 Å². The molecule has 1 aromatic carbocycles. The summed E-state index contributed by atoms with van der Waals surface area (Å²) in [6, 6.07) is 5.70. The largest absolute Gasteiger partial charge is 0.481 e. The van der Waals surface area contributed by atoms with Gasteiger partial charge in [-0.2, -0.15) is 0 Å². The van der Waals surface area contributed by atoms with Gasteiger partial charge in [-0.1, -0.05) is 25.5 Å². The van der Waals surface area contributed by atoms with Crippen molar-refractivity contribution in [3.63, 3.8) is 0 Å². The van der Waals surface area contributed by atoms with Crippen LogP contribution in [0.2, 0.25) is 0 Å². The van der Waals surface area contributed by atoms with Crippen LogP contribution in [0.15, 0.2) is 18.2 Å². The van der Waals surface area contributed by atoms with Gasteiger partial charge in [0.15, 0.2) is 6.10 Å². The lowest BCUT2D eigenvalue weighted by Crippen LogP contribution is -2.47. The van der Waals surface area contributed by atoms with Crippen LogP contribution < -0.4 is 15.6 Å². The first-order valence-corrected chi connectivity index (χ1v) is 7.27. The van der Waals surface area contributed by atoms with Gasteiger partial charge in [0, 0.05) is 6.42 Å². The van der Waals surface area contributed by atoms with Crippen LogP contribution in [0.1, 0.15) is 44.2 Å². The predicted octanol–water partition coefficient (Wildman–Crippen LogP) is 2.41. The minimum atomic E-state index is -0.683. The third-order valence-corrected chi connectivity index (χ3v) is 3.31. The van der Waals surface area contributed by atoms with Crippen LogP contribution >= 0.6 is 0 Å². The highest BCUT2D eigenvalue weighted by Crippen LogP contribution is 2.21. The van der Waals surface area contributed by atoms with Crippen molar-refractivity contribution in [3.8, 4) is 5.75 Å². The van der Waals surface area contributed by atoms with E-state index in [2.05, 4.69) is 10.9 Å². The summed E-state index contributed by atoms with van der Waals surface area (Å²) in [7, 11) is 0. The molecule has 21 heavy (non-hydrogen) atoms. The van der Waals surface area contributed by atoms with Gasteiger partial charge in [0.2, 0.25) is 5.91 Å². The Morgan fingerprint density at radius 1 is 1.24 bits per heavy atom. The third kappa shape index (κ3) is 5.45. The van der Waals surface area contributed by atoms with E-state index < -0.39 is 6.10 Å². The zero-order valence-electron chi connectivity index (χ0n) is 13.2. The molecule has 1 aromatic rings. The highest BCUT2D eigenvalue weighted by molar-refractivity contribution is 5.84. The monoisotopic (exact) mass is 292 g/mol. The van der Waals surface area contributed by atoms with Crippen LogP contribution in [0.4, 0.5) is 0 Å². The van der Waals surface area contributed by atoms with Crippen molar-refractivity contribution >= 4 is 11.8 Å². The number of carbonyl (C=O) groups excluding carboxylic acids is 2. The van der Waals surface area contributed by atoms with E-state index >= 15 is 0 Å². The molecular weight excluding hydrogens is 268 g/mol. The summed E-state index contributed by atoms with van der Waals surface area (Å²) >= 11 is 0. The average molecular weight is 292 g/mol. The number of hydrogen-bond donors (Lipinski definition) is 2. The molecule has 0 bridgehead atoms. The molecule has 0 radical (unpaired) electrons. The molecule has 2 N–H and O–H groups in total. The Bertz CT molecular complexity index is 500. The average Bonchev–Trinajstić information content (AvgIpc) is 2.47. The fourth-order valence-electron chi connectivity index (χ4n) is 1.73. The minimum Gasteiger partial charge on any atom is -0.481 e. The second kappa shape index (κ2) is 8.29. The maximum absolute atomic E-state index is 11.9. The maximum Gasteiger partial charge on any atom is 0.279 e. The number of amides is 2. The van der Waals surface area contributed by atoms with Crippen molar-refractivity contribution in [2.24, 2.45) is 0 Å². The summed E-state index contributed by atoms with van der Waals surface area (Å²) in [5.41, 5.74) is 6.88. The van der Waals surface area contributed by atoms with Gasteiger partial charge in [0.05, 0.1) is 0 Å². The fourth-order valence-corrected chi connectivity index (χ4v) is 1.73. The molecule has 5 nitrogen and oxygen atoms in total. The number of ether oxygens (including phenoxy) is 1. The van der Waals surface area contributed by atoms with E-state index in [1.807, 2.05) is 39.0 Å². The first kappa shape index (κ1) is 17.0. The normalized spacial score (nSPS) is 11.6. The molecule has 5 heteroatoms. The molecule has 0 aliphatic carbocycles. The van der Waals surface area contributed by atoms with E-state index in [1.165, 1.54) is 0 Å². The number of hydrazine groups is 1. The second-order valence-electron chi connectivity index (χ2n) is 5.10. The molecule has 0 fully saturated rings. The molecule has 0 saturated carbocycles. The number of rotatable bonds is 6. The van der Waals surface area contributed by atoms with Crippen LogP contribution in [0.5, 0.6) is 5.75 Å². The molecule has 0 aromatic heterocycles. The maximum atomic E-state index is 11.9. The van der Waals surface area contributed by atoms with E-state index in [-0.39, 0.29) is 11.8 Å². The van der Waals surface area contributed by atoms with E-state index in [9.17, 15) is 9.59 Å². The molecule has 0 heterocycles. The Morgan fingerprint density at radius 3 is 2.62 bits per heavy atom. The quantitative estimate of drug-likeness (QED) is 0.791. The van der Waals surface area contributed by atoms with Gasteiger partial charge in [-0.25, -0.2) is 0 Å². The van der Waals surface area contributed by atoms with Crippen molar-refractivity contribution in [2.45, 2.75) is 53.1 Å². The lowest BCUT2D eigenvalue weighted by molar-refractivity contribution is -0.132. The van der Waals surface area contributed by atoms with Crippen molar-refractivity contribution in [1.82, 2.24) is 10.9 Å². The standard InChI is InChI=1S/C16H24N2O3/c1-5-6-10-15(19)17-18-16(20)13(4)21-14-9-7-8-11(2)12(14)3/h7-9,13H,5-6,10H2,1-4H3,(H,17,19)(H,18,20). The third-order valence-electron chi connectivity index (χ3n) is 3.31. The first-order valence-electron chi connectivity index (χ1n) is 7.27. The highest BCUT2D eigenvalue weighted by Gasteiger charge is 2.16. The van der Waals surface area contributed by atoms with E-state index in [0.29, 0.717) is 12.2 Å². The fraction of sp³-hybridized carbons (Fsp3) is 0.500. The number of nitrogens with one attached hydrogen (secondary N) is 2. The zero-order valence-corrected chi connectivity index (χ0v) is 13.2. The Morgan fingerprint density at radius 2 is 1.95 bits per heavy atom. The number of aryl methyl sites for hydroxylation is 1. The SMILES string of the molecule is CCCCC(=O)NNC(=O)C(C)Oc1cccc(C)c1C. The lowest BCUT2D eigenvalue weighted by atomic mass is 10.1. The first-order chi connectivity index (χ1) is 9.95. The summed E-state index contributed by atoms with van der Waals surface area (Å²) in [5.74, 6) is 0.111. The summed E-state index contributed by atoms with van der Waals surface area (Å²) in [6.07, 6.45) is 1.46. The molecule has 0 aliphatic rings. The molecule has 1 unspecified atom stereocenters. The summed E-state index contributed by atoms with van der Waals surface area (Å²) < 4.78 is 5.64. The number of hydrogen-bond acceptors (Lipinski definition) is 3. The Kier molecular flexibility index (Phi) is 6.72. The van der Waals surface area contributed by atoms with Crippen LogP contribution in [-0.2, 0) is 9.59 Å².